The van der Waals surface area contributed by atoms with Crippen LogP contribution < -0.4 is 9.47 Å². The van der Waals surface area contributed by atoms with E-state index >= 15 is 0 Å². The molecule has 2 unspecified atom stereocenters. The van der Waals surface area contributed by atoms with Gasteiger partial charge in [0.25, 0.3) is 0 Å². The topological polar surface area (TPSA) is 64.5 Å². The van der Waals surface area contributed by atoms with Gasteiger partial charge in [0.2, 0.25) is 11.8 Å². The van der Waals surface area contributed by atoms with Crippen LogP contribution in [0, 0.1) is 5.92 Å². The normalized spacial score (nSPS) is 28.1. The van der Waals surface area contributed by atoms with Gasteiger partial charge in [-0.2, -0.15) is 4.98 Å². The molecule has 0 saturated heterocycles. The summed E-state index contributed by atoms with van der Waals surface area (Å²) >= 11 is 0. The Morgan fingerprint density at radius 2 is 2.18 bits per heavy atom. The Morgan fingerprint density at radius 1 is 1.41 bits per heavy atom. The summed E-state index contributed by atoms with van der Waals surface area (Å²) in [7, 11) is 3.05. The van der Waals surface area contributed by atoms with Crippen LogP contribution in [-0.4, -0.2) is 29.3 Å². The van der Waals surface area contributed by atoms with Gasteiger partial charge in [0.15, 0.2) is 0 Å². The molecule has 0 amide bonds. The van der Waals surface area contributed by atoms with Gasteiger partial charge in [0.1, 0.15) is 11.3 Å². The van der Waals surface area contributed by atoms with E-state index in [2.05, 4.69) is 9.97 Å². The molecule has 0 radical (unpaired) electrons. The van der Waals surface area contributed by atoms with E-state index in [9.17, 15) is 5.11 Å². The van der Waals surface area contributed by atoms with E-state index in [0.29, 0.717) is 23.9 Å². The van der Waals surface area contributed by atoms with E-state index in [-0.39, 0.29) is 5.92 Å². The van der Waals surface area contributed by atoms with Gasteiger partial charge < -0.3 is 14.6 Å². The smallest absolute Gasteiger partial charge is 0.241 e. The fourth-order valence-corrected chi connectivity index (χ4v) is 2.41. The zero-order chi connectivity index (χ0) is 12.5. The summed E-state index contributed by atoms with van der Waals surface area (Å²) in [5, 5.41) is 10.7. The second-order valence-corrected chi connectivity index (χ2v) is 4.49. The molecule has 1 saturated carbocycles. The number of methoxy groups -OCH3 is 2. The third-order valence-corrected chi connectivity index (χ3v) is 3.54. The molecule has 0 aromatic carbocycles. The summed E-state index contributed by atoms with van der Waals surface area (Å²) in [6, 6.07) is 0. The van der Waals surface area contributed by atoms with Crippen molar-refractivity contribution in [2.45, 2.75) is 31.8 Å². The summed E-state index contributed by atoms with van der Waals surface area (Å²) in [5.74, 6) is 0.902. The van der Waals surface area contributed by atoms with Crippen molar-refractivity contribution in [2.24, 2.45) is 5.92 Å². The summed E-state index contributed by atoms with van der Waals surface area (Å²) in [4.78, 5) is 8.43. The second-order valence-electron chi connectivity index (χ2n) is 4.49. The Kier molecular flexibility index (Phi) is 3.19. The lowest BCUT2D eigenvalue weighted by atomic mass is 9.89. The van der Waals surface area contributed by atoms with Gasteiger partial charge in [-0.05, 0) is 25.2 Å². The van der Waals surface area contributed by atoms with Crippen molar-refractivity contribution in [3.05, 3.63) is 11.9 Å². The number of nitrogens with zero attached hydrogens (tertiary/aromatic N) is 2. The van der Waals surface area contributed by atoms with Crippen LogP contribution in [0.15, 0.2) is 6.20 Å². The Balaban J connectivity index is 2.44. The molecule has 0 bridgehead atoms. The molecule has 1 heterocycles. The first-order valence-corrected chi connectivity index (χ1v) is 5.79. The third kappa shape index (κ3) is 1.95. The van der Waals surface area contributed by atoms with Crippen molar-refractivity contribution >= 4 is 0 Å². The lowest BCUT2D eigenvalue weighted by molar-refractivity contribution is -0.00267. The second kappa shape index (κ2) is 4.49. The molecule has 1 N–H and O–H groups in total. The van der Waals surface area contributed by atoms with Crippen LogP contribution in [0.3, 0.4) is 0 Å². The van der Waals surface area contributed by atoms with Crippen LogP contribution >= 0.6 is 0 Å². The van der Waals surface area contributed by atoms with Gasteiger partial charge >= 0.3 is 0 Å². The molecule has 0 spiro atoms. The van der Waals surface area contributed by atoms with Crippen LogP contribution in [0.4, 0.5) is 0 Å². The minimum Gasteiger partial charge on any atom is -0.480 e. The number of hydrogen-bond acceptors (Lipinski definition) is 5. The van der Waals surface area contributed by atoms with E-state index < -0.39 is 5.60 Å². The third-order valence-electron chi connectivity index (χ3n) is 3.54. The Labute approximate surface area is 101 Å². The van der Waals surface area contributed by atoms with Gasteiger partial charge in [-0.1, -0.05) is 6.92 Å². The van der Waals surface area contributed by atoms with E-state index in [1.54, 1.807) is 0 Å². The van der Waals surface area contributed by atoms with E-state index in [4.69, 9.17) is 9.47 Å². The van der Waals surface area contributed by atoms with Crippen LogP contribution in [0.1, 0.15) is 31.9 Å². The fraction of sp³-hybridized carbons (Fsp3) is 0.667. The van der Waals surface area contributed by atoms with Crippen molar-refractivity contribution in [1.82, 2.24) is 9.97 Å². The minimum absolute atomic E-state index is 0.166. The van der Waals surface area contributed by atoms with Gasteiger partial charge in [0.05, 0.1) is 20.4 Å². The zero-order valence-corrected chi connectivity index (χ0v) is 10.4. The molecular weight excluding hydrogens is 220 g/mol. The molecule has 0 aliphatic heterocycles. The number of hydrogen-bond donors (Lipinski definition) is 1. The average molecular weight is 238 g/mol. The first-order valence-electron chi connectivity index (χ1n) is 5.79. The van der Waals surface area contributed by atoms with Crippen molar-refractivity contribution in [3.8, 4) is 11.8 Å². The molecule has 1 aliphatic carbocycles. The molecule has 5 nitrogen and oxygen atoms in total. The van der Waals surface area contributed by atoms with E-state index in [0.717, 1.165) is 12.8 Å². The number of aromatic nitrogens is 2. The van der Waals surface area contributed by atoms with E-state index in [1.807, 2.05) is 6.92 Å². The fourth-order valence-electron chi connectivity index (χ4n) is 2.41. The lowest BCUT2D eigenvalue weighted by Crippen LogP contribution is -2.30. The molecule has 1 fully saturated rings. The summed E-state index contributed by atoms with van der Waals surface area (Å²) in [6.45, 7) is 2.03. The largest absolute Gasteiger partial charge is 0.480 e. The SMILES string of the molecule is COc1cnc(C2(O)CCCC2C)c(OC)n1. The maximum atomic E-state index is 10.7. The Hall–Kier alpha value is -1.36. The highest BCUT2D eigenvalue weighted by Crippen LogP contribution is 2.45. The molecule has 2 atom stereocenters. The highest BCUT2D eigenvalue weighted by molar-refractivity contribution is 5.29. The summed E-state index contributed by atoms with van der Waals surface area (Å²) in [5.41, 5.74) is -0.407. The highest BCUT2D eigenvalue weighted by atomic mass is 16.5. The summed E-state index contributed by atoms with van der Waals surface area (Å²) in [6.07, 6.45) is 4.20. The molecule has 17 heavy (non-hydrogen) atoms. The molecule has 5 heteroatoms. The lowest BCUT2D eigenvalue weighted by Gasteiger charge is -2.27. The molecular formula is C12H18N2O3. The maximum absolute atomic E-state index is 10.7. The Morgan fingerprint density at radius 3 is 2.71 bits per heavy atom. The summed E-state index contributed by atoms with van der Waals surface area (Å²) < 4.78 is 10.2. The van der Waals surface area contributed by atoms with Gasteiger partial charge in [0, 0.05) is 0 Å². The molecule has 2 rings (SSSR count). The minimum atomic E-state index is -0.926. The van der Waals surface area contributed by atoms with Crippen LogP contribution in [0.5, 0.6) is 11.8 Å². The Bertz CT molecular complexity index is 411. The molecule has 1 aromatic heterocycles. The maximum Gasteiger partial charge on any atom is 0.241 e. The number of aliphatic hydroxyl groups is 1. The van der Waals surface area contributed by atoms with Gasteiger partial charge in [-0.3, -0.25) is 0 Å². The van der Waals surface area contributed by atoms with Crippen molar-refractivity contribution in [1.29, 1.82) is 0 Å². The number of rotatable bonds is 3. The van der Waals surface area contributed by atoms with Crippen LogP contribution in [-0.2, 0) is 5.60 Å². The first kappa shape index (κ1) is 12.1. The van der Waals surface area contributed by atoms with Gasteiger partial charge in [-0.25, -0.2) is 4.98 Å². The predicted molar refractivity (Wildman–Crippen MR) is 62.0 cm³/mol. The quantitative estimate of drug-likeness (QED) is 0.864. The van der Waals surface area contributed by atoms with Crippen LogP contribution in [0.25, 0.3) is 0 Å². The highest BCUT2D eigenvalue weighted by Gasteiger charge is 2.43. The first-order chi connectivity index (χ1) is 8.11. The van der Waals surface area contributed by atoms with Crippen LogP contribution in [0.2, 0.25) is 0 Å². The van der Waals surface area contributed by atoms with Crippen molar-refractivity contribution in [3.63, 3.8) is 0 Å². The van der Waals surface area contributed by atoms with E-state index in [1.165, 1.54) is 20.4 Å². The standard InChI is InChI=1S/C12H18N2O3/c1-8-5-4-6-12(8,15)10-11(17-3)14-9(16-2)7-13-10/h7-8,15H,4-6H2,1-3H3. The van der Waals surface area contributed by atoms with Crippen molar-refractivity contribution in [2.75, 3.05) is 14.2 Å². The molecule has 94 valence electrons. The zero-order valence-electron chi connectivity index (χ0n) is 10.4. The molecule has 1 aliphatic rings. The van der Waals surface area contributed by atoms with Gasteiger partial charge in [-0.15, -0.1) is 0 Å². The van der Waals surface area contributed by atoms with Crippen molar-refractivity contribution < 1.29 is 14.6 Å². The average Bonchev–Trinajstić information content (AvgIpc) is 2.69. The monoisotopic (exact) mass is 238 g/mol. The molecule has 1 aromatic rings. The predicted octanol–water partition coefficient (Wildman–Crippen LogP) is 1.50. The number of ether oxygens (including phenoxy) is 2.